The van der Waals surface area contributed by atoms with Crippen molar-refractivity contribution in [3.63, 3.8) is 0 Å². The molecule has 1 atom stereocenters. The van der Waals surface area contributed by atoms with Crippen molar-refractivity contribution in [1.82, 2.24) is 14.9 Å². The number of nitrogens with one attached hydrogen (secondary N) is 1. The quantitative estimate of drug-likeness (QED) is 0.433. The summed E-state index contributed by atoms with van der Waals surface area (Å²) in [4.78, 5) is 30.6. The summed E-state index contributed by atoms with van der Waals surface area (Å²) in [7, 11) is 1.55. The van der Waals surface area contributed by atoms with Crippen LogP contribution in [0.4, 0.5) is 0 Å². The molecule has 0 aliphatic heterocycles. The van der Waals surface area contributed by atoms with Crippen LogP contribution >= 0.6 is 23.4 Å². The molecule has 3 rings (SSSR count). The molecule has 1 unspecified atom stereocenters. The van der Waals surface area contributed by atoms with Crippen molar-refractivity contribution in [2.75, 3.05) is 13.7 Å². The number of thioether (sulfide) groups is 1. The molecule has 0 saturated carbocycles. The van der Waals surface area contributed by atoms with Gasteiger partial charge >= 0.3 is 0 Å². The Hall–Kier alpha value is -2.51. The molecule has 1 heterocycles. The van der Waals surface area contributed by atoms with Crippen LogP contribution in [0.2, 0.25) is 5.02 Å². The number of aromatic nitrogens is 2. The first-order chi connectivity index (χ1) is 14.3. The lowest BCUT2D eigenvalue weighted by atomic mass is 10.2. The smallest absolute Gasteiger partial charge is 0.266 e. The molecular weight excluding hydrogens is 422 g/mol. The van der Waals surface area contributed by atoms with Crippen molar-refractivity contribution < 1.29 is 9.53 Å². The number of nitrogens with zero attached hydrogens (tertiary/aromatic N) is 2. The van der Waals surface area contributed by atoms with Gasteiger partial charge in [-0.1, -0.05) is 49.3 Å². The predicted octanol–water partition coefficient (Wildman–Crippen LogP) is 4.30. The minimum Gasteiger partial charge on any atom is -0.495 e. The molecule has 0 bridgehead atoms. The van der Waals surface area contributed by atoms with E-state index in [9.17, 15) is 9.59 Å². The molecule has 0 spiro atoms. The van der Waals surface area contributed by atoms with Crippen LogP contribution in [0.5, 0.6) is 5.75 Å². The molecule has 0 fully saturated rings. The topological polar surface area (TPSA) is 73.2 Å². The molecule has 1 N–H and O–H groups in total. The third-order valence-corrected chi connectivity index (χ3v) is 5.75. The van der Waals surface area contributed by atoms with E-state index >= 15 is 0 Å². The monoisotopic (exact) mass is 445 g/mol. The van der Waals surface area contributed by atoms with Crippen molar-refractivity contribution in [3.8, 4) is 11.4 Å². The van der Waals surface area contributed by atoms with Gasteiger partial charge in [0.25, 0.3) is 5.56 Å². The molecule has 1 amide bonds. The summed E-state index contributed by atoms with van der Waals surface area (Å²) in [6, 6.07) is 12.2. The number of halogens is 1. The molecule has 6 nitrogen and oxygen atoms in total. The Bertz CT molecular complexity index is 1130. The van der Waals surface area contributed by atoms with Crippen LogP contribution in [0.3, 0.4) is 0 Å². The minimum absolute atomic E-state index is 0.110. The summed E-state index contributed by atoms with van der Waals surface area (Å²) in [5.41, 5.74) is 0.793. The molecule has 0 aliphatic carbocycles. The van der Waals surface area contributed by atoms with Gasteiger partial charge in [0.1, 0.15) is 5.75 Å². The van der Waals surface area contributed by atoms with Crippen molar-refractivity contribution in [3.05, 3.63) is 57.8 Å². The second-order valence-corrected chi connectivity index (χ2v) is 9.01. The van der Waals surface area contributed by atoms with E-state index in [-0.39, 0.29) is 11.5 Å². The number of methoxy groups -OCH3 is 1. The van der Waals surface area contributed by atoms with Gasteiger partial charge in [0.2, 0.25) is 5.91 Å². The van der Waals surface area contributed by atoms with Crippen molar-refractivity contribution >= 4 is 40.2 Å². The van der Waals surface area contributed by atoms with Crippen LogP contribution in [-0.2, 0) is 4.79 Å². The highest BCUT2D eigenvalue weighted by molar-refractivity contribution is 8.00. The third kappa shape index (κ3) is 4.79. The Morgan fingerprint density at radius 1 is 1.23 bits per heavy atom. The number of rotatable bonds is 7. The van der Waals surface area contributed by atoms with E-state index in [1.54, 1.807) is 44.4 Å². The Labute approximate surface area is 184 Å². The SMILES string of the molecule is COc1ccccc1-n1c(SC(C)C(=O)NCC(C)C)nc2cc(Cl)ccc2c1=O. The van der Waals surface area contributed by atoms with E-state index in [2.05, 4.69) is 10.3 Å². The van der Waals surface area contributed by atoms with Gasteiger partial charge in [-0.05, 0) is 43.2 Å². The predicted molar refractivity (Wildman–Crippen MR) is 122 cm³/mol. The van der Waals surface area contributed by atoms with Crippen LogP contribution in [-0.4, -0.2) is 34.4 Å². The maximum Gasteiger partial charge on any atom is 0.266 e. The summed E-state index contributed by atoms with van der Waals surface area (Å²) in [5.74, 6) is 0.771. The number of hydrogen-bond donors (Lipinski definition) is 1. The van der Waals surface area contributed by atoms with Gasteiger partial charge in [-0.3, -0.25) is 14.2 Å². The zero-order valence-corrected chi connectivity index (χ0v) is 18.9. The maximum atomic E-state index is 13.4. The second kappa shape index (κ2) is 9.53. The number of amides is 1. The number of hydrogen-bond acceptors (Lipinski definition) is 5. The fourth-order valence-electron chi connectivity index (χ4n) is 2.90. The van der Waals surface area contributed by atoms with Crippen LogP contribution in [0.25, 0.3) is 16.6 Å². The third-order valence-electron chi connectivity index (χ3n) is 4.46. The second-order valence-electron chi connectivity index (χ2n) is 7.27. The Morgan fingerprint density at radius 3 is 2.67 bits per heavy atom. The molecule has 0 aliphatic rings. The molecule has 0 saturated heterocycles. The average Bonchev–Trinajstić information content (AvgIpc) is 2.71. The fourth-order valence-corrected chi connectivity index (χ4v) is 4.02. The van der Waals surface area contributed by atoms with E-state index in [0.717, 1.165) is 0 Å². The van der Waals surface area contributed by atoms with Gasteiger partial charge in [-0.2, -0.15) is 0 Å². The summed E-state index contributed by atoms with van der Waals surface area (Å²) in [6.45, 7) is 6.45. The van der Waals surface area contributed by atoms with E-state index in [1.165, 1.54) is 16.3 Å². The average molecular weight is 446 g/mol. The lowest BCUT2D eigenvalue weighted by Gasteiger charge is -2.18. The van der Waals surface area contributed by atoms with Crippen LogP contribution < -0.4 is 15.6 Å². The summed E-state index contributed by atoms with van der Waals surface area (Å²) >= 11 is 7.34. The zero-order chi connectivity index (χ0) is 21.8. The molecular formula is C22H24ClN3O3S. The molecule has 8 heteroatoms. The van der Waals surface area contributed by atoms with Gasteiger partial charge < -0.3 is 10.1 Å². The number of carbonyl (C=O) groups excluding carboxylic acids is 1. The first-order valence-corrected chi connectivity index (χ1v) is 10.9. The fraction of sp³-hybridized carbons (Fsp3) is 0.318. The molecule has 3 aromatic rings. The standard InChI is InChI=1S/C22H24ClN3O3S/c1-13(2)12-24-20(27)14(3)30-22-25-17-11-15(23)9-10-16(17)21(28)26(22)18-7-5-6-8-19(18)29-4/h5-11,13-14H,12H2,1-4H3,(H,24,27). The highest BCUT2D eigenvalue weighted by atomic mass is 35.5. The van der Waals surface area contributed by atoms with Crippen molar-refractivity contribution in [1.29, 1.82) is 0 Å². The van der Waals surface area contributed by atoms with Gasteiger partial charge in [0.15, 0.2) is 5.16 Å². The summed E-state index contributed by atoms with van der Waals surface area (Å²) in [5, 5.41) is 3.79. The van der Waals surface area contributed by atoms with Gasteiger partial charge in [0, 0.05) is 11.6 Å². The van der Waals surface area contributed by atoms with Gasteiger partial charge in [-0.15, -0.1) is 0 Å². The number of benzene rings is 2. The van der Waals surface area contributed by atoms with Crippen molar-refractivity contribution in [2.24, 2.45) is 5.92 Å². The Balaban J connectivity index is 2.14. The van der Waals surface area contributed by atoms with Crippen LogP contribution in [0.15, 0.2) is 52.4 Å². The van der Waals surface area contributed by atoms with Gasteiger partial charge in [0.05, 0.1) is 29.0 Å². The molecule has 30 heavy (non-hydrogen) atoms. The lowest BCUT2D eigenvalue weighted by Crippen LogP contribution is -2.34. The molecule has 1 aromatic heterocycles. The minimum atomic E-state index is -0.451. The van der Waals surface area contributed by atoms with Crippen LogP contribution in [0, 0.1) is 5.92 Å². The first-order valence-electron chi connectivity index (χ1n) is 9.62. The molecule has 158 valence electrons. The normalized spacial score (nSPS) is 12.2. The Morgan fingerprint density at radius 2 is 1.97 bits per heavy atom. The van der Waals surface area contributed by atoms with E-state index in [4.69, 9.17) is 16.3 Å². The molecule has 2 aromatic carbocycles. The van der Waals surface area contributed by atoms with E-state index in [0.29, 0.717) is 45.0 Å². The highest BCUT2D eigenvalue weighted by Gasteiger charge is 2.21. The number of para-hydroxylation sites is 2. The molecule has 0 radical (unpaired) electrons. The first kappa shape index (κ1) is 22.2. The number of ether oxygens (including phenoxy) is 1. The van der Waals surface area contributed by atoms with Crippen LogP contribution in [0.1, 0.15) is 20.8 Å². The van der Waals surface area contributed by atoms with Gasteiger partial charge in [-0.25, -0.2) is 4.98 Å². The van der Waals surface area contributed by atoms with Crippen molar-refractivity contribution in [2.45, 2.75) is 31.2 Å². The number of carbonyl (C=O) groups is 1. The highest BCUT2D eigenvalue weighted by Crippen LogP contribution is 2.29. The summed E-state index contributed by atoms with van der Waals surface area (Å²) < 4.78 is 6.95. The van der Waals surface area contributed by atoms with E-state index < -0.39 is 5.25 Å². The van der Waals surface area contributed by atoms with E-state index in [1.807, 2.05) is 26.0 Å². The lowest BCUT2D eigenvalue weighted by molar-refractivity contribution is -0.120. The summed E-state index contributed by atoms with van der Waals surface area (Å²) in [6.07, 6.45) is 0. The maximum absolute atomic E-state index is 13.4. The largest absolute Gasteiger partial charge is 0.495 e. The zero-order valence-electron chi connectivity index (χ0n) is 17.3. The Kier molecular flexibility index (Phi) is 7.05. The number of fused-ring (bicyclic) bond motifs is 1.